The number of hydrogen-bond donors (Lipinski definition) is 2. The van der Waals surface area contributed by atoms with Gasteiger partial charge >= 0.3 is 6.03 Å². The number of benzene rings is 2. The summed E-state index contributed by atoms with van der Waals surface area (Å²) in [4.78, 5) is 64.8. The average molecular weight is 574 g/mol. The lowest BCUT2D eigenvalue weighted by Crippen LogP contribution is -2.52. The van der Waals surface area contributed by atoms with Crippen molar-refractivity contribution < 1.29 is 19.2 Å². The molecule has 2 fully saturated rings. The van der Waals surface area contributed by atoms with Gasteiger partial charge in [0.25, 0.3) is 17.6 Å². The molecule has 3 aromatic rings. The number of H-pyrrole nitrogens is 1. The van der Waals surface area contributed by atoms with Crippen molar-refractivity contribution >= 4 is 40.2 Å². The van der Waals surface area contributed by atoms with Crippen LogP contribution in [0.4, 0.5) is 10.5 Å². The maximum atomic E-state index is 13.4. The van der Waals surface area contributed by atoms with Crippen LogP contribution in [0.2, 0.25) is 0 Å². The van der Waals surface area contributed by atoms with E-state index >= 15 is 0 Å². The Bertz CT molecular complexity index is 1430. The van der Waals surface area contributed by atoms with Crippen LogP contribution in [0.3, 0.4) is 0 Å². The number of para-hydroxylation sites is 1. The Hall–Kier alpha value is -4.22. The van der Waals surface area contributed by atoms with Gasteiger partial charge in [0.05, 0.1) is 16.8 Å². The van der Waals surface area contributed by atoms with Crippen molar-refractivity contribution in [2.45, 2.75) is 6.42 Å². The number of urea groups is 1. The third-order valence-electron chi connectivity index (χ3n) is 8.11. The lowest BCUT2D eigenvalue weighted by molar-refractivity contribution is -0.127. The molecule has 0 bridgehead atoms. The van der Waals surface area contributed by atoms with Crippen LogP contribution in [0.15, 0.2) is 54.7 Å². The zero-order valence-corrected chi connectivity index (χ0v) is 24.3. The van der Waals surface area contributed by atoms with E-state index in [0.29, 0.717) is 68.0 Å². The monoisotopic (exact) mass is 573 g/mol. The van der Waals surface area contributed by atoms with Crippen molar-refractivity contribution in [2.24, 2.45) is 0 Å². The summed E-state index contributed by atoms with van der Waals surface area (Å²) in [6, 6.07) is 14.5. The van der Waals surface area contributed by atoms with Crippen LogP contribution in [0.25, 0.3) is 10.9 Å². The van der Waals surface area contributed by atoms with E-state index in [0.717, 1.165) is 26.1 Å². The molecule has 11 heteroatoms. The summed E-state index contributed by atoms with van der Waals surface area (Å²) in [6.45, 7) is 5.86. The molecule has 0 unspecified atom stereocenters. The lowest BCUT2D eigenvalue weighted by atomic mass is 10.1. The highest BCUT2D eigenvalue weighted by molar-refractivity contribution is 6.45. The summed E-state index contributed by atoms with van der Waals surface area (Å²) in [5.41, 5.74) is 2.25. The normalized spacial score (nSPS) is 15.7. The highest BCUT2D eigenvalue weighted by Crippen LogP contribution is 2.31. The molecule has 222 valence electrons. The first-order valence-electron chi connectivity index (χ1n) is 14.6. The minimum atomic E-state index is -0.600. The fourth-order valence-electron chi connectivity index (χ4n) is 5.63. The molecular formula is C31H39N7O4. The summed E-state index contributed by atoms with van der Waals surface area (Å²) >= 11 is 0. The van der Waals surface area contributed by atoms with Crippen molar-refractivity contribution in [3.63, 3.8) is 0 Å². The van der Waals surface area contributed by atoms with E-state index in [1.807, 2.05) is 42.3 Å². The van der Waals surface area contributed by atoms with Gasteiger partial charge < -0.3 is 29.9 Å². The Morgan fingerprint density at radius 1 is 0.905 bits per heavy atom. The lowest BCUT2D eigenvalue weighted by Gasteiger charge is -2.34. The van der Waals surface area contributed by atoms with Gasteiger partial charge in [-0.2, -0.15) is 0 Å². The zero-order valence-electron chi connectivity index (χ0n) is 24.3. The van der Waals surface area contributed by atoms with Crippen molar-refractivity contribution in [1.82, 2.24) is 29.9 Å². The molecule has 42 heavy (non-hydrogen) atoms. The van der Waals surface area contributed by atoms with E-state index in [1.54, 1.807) is 34.2 Å². The van der Waals surface area contributed by atoms with Crippen LogP contribution in [0, 0.1) is 0 Å². The third-order valence-corrected chi connectivity index (χ3v) is 8.11. The molecule has 2 saturated heterocycles. The van der Waals surface area contributed by atoms with Crippen molar-refractivity contribution in [2.75, 3.05) is 84.4 Å². The molecule has 5 rings (SSSR count). The topological polar surface area (TPSA) is 112 Å². The standard InChI is InChI=1S/C31H39N7O4/c1-32-12-7-13-34(2)14-15-37-20-21-38(31(37)42)26-11-6-10-24-25(22-33-27(24)26)28(39)30(41)36-18-16-35(17-19-36)29(40)23-8-4-3-5-9-23/h3-6,8-11,22,32-33H,7,12-21H2,1-2H3. The number of nitrogens with zero attached hydrogens (tertiary/aromatic N) is 5. The van der Waals surface area contributed by atoms with Crippen LogP contribution in [-0.4, -0.2) is 128 Å². The van der Waals surface area contributed by atoms with Crippen molar-refractivity contribution in [3.05, 3.63) is 65.9 Å². The van der Waals surface area contributed by atoms with E-state index in [4.69, 9.17) is 0 Å². The summed E-state index contributed by atoms with van der Waals surface area (Å²) in [6.07, 6.45) is 2.61. The number of nitrogens with one attached hydrogen (secondary N) is 2. The Morgan fingerprint density at radius 2 is 1.64 bits per heavy atom. The number of ketones is 1. The molecule has 0 atom stereocenters. The van der Waals surface area contributed by atoms with Gasteiger partial charge in [-0.1, -0.05) is 30.3 Å². The molecule has 3 heterocycles. The quantitative estimate of drug-likeness (QED) is 0.207. The molecule has 11 nitrogen and oxygen atoms in total. The first kappa shape index (κ1) is 29.3. The second-order valence-electron chi connectivity index (χ2n) is 10.9. The molecule has 0 radical (unpaired) electrons. The van der Waals surface area contributed by atoms with Gasteiger partial charge in [-0.15, -0.1) is 0 Å². The van der Waals surface area contributed by atoms with E-state index in [1.165, 1.54) is 4.90 Å². The number of anilines is 1. The Labute approximate surface area is 246 Å². The smallest absolute Gasteiger partial charge is 0.324 e. The molecule has 1 aromatic heterocycles. The number of carbonyl (C=O) groups excluding carboxylic acids is 4. The fourth-order valence-corrected chi connectivity index (χ4v) is 5.63. The predicted molar refractivity (Wildman–Crippen MR) is 162 cm³/mol. The van der Waals surface area contributed by atoms with Crippen LogP contribution in [-0.2, 0) is 4.79 Å². The van der Waals surface area contributed by atoms with E-state index in [-0.39, 0.29) is 17.5 Å². The van der Waals surface area contributed by atoms with Crippen LogP contribution < -0.4 is 10.2 Å². The largest absolute Gasteiger partial charge is 0.359 e. The second-order valence-corrected chi connectivity index (χ2v) is 10.9. The molecule has 2 aliphatic rings. The van der Waals surface area contributed by atoms with Crippen LogP contribution in [0.5, 0.6) is 0 Å². The molecule has 0 aliphatic carbocycles. The maximum absolute atomic E-state index is 13.4. The number of fused-ring (bicyclic) bond motifs is 1. The van der Waals surface area contributed by atoms with Gasteiger partial charge in [-0.3, -0.25) is 19.3 Å². The summed E-state index contributed by atoms with van der Waals surface area (Å²) in [7, 11) is 4.01. The second kappa shape index (κ2) is 13.2. The number of aromatic nitrogens is 1. The number of Topliss-reactive ketones (excluding diaryl/α,β-unsaturated/α-hetero) is 1. The van der Waals surface area contributed by atoms with Crippen LogP contribution >= 0.6 is 0 Å². The van der Waals surface area contributed by atoms with Gasteiger partial charge in [0.15, 0.2) is 0 Å². The van der Waals surface area contributed by atoms with E-state index in [9.17, 15) is 19.2 Å². The van der Waals surface area contributed by atoms with E-state index in [2.05, 4.69) is 22.2 Å². The molecular weight excluding hydrogens is 534 g/mol. The van der Waals surface area contributed by atoms with Crippen molar-refractivity contribution in [1.29, 1.82) is 0 Å². The minimum absolute atomic E-state index is 0.0624. The van der Waals surface area contributed by atoms with Gasteiger partial charge in [0.2, 0.25) is 0 Å². The number of carbonyl (C=O) groups is 4. The van der Waals surface area contributed by atoms with Gasteiger partial charge in [0.1, 0.15) is 0 Å². The van der Waals surface area contributed by atoms with Gasteiger partial charge in [-0.05, 0) is 51.8 Å². The van der Waals surface area contributed by atoms with Gasteiger partial charge in [0, 0.05) is 69.5 Å². The predicted octanol–water partition coefficient (Wildman–Crippen LogP) is 2.12. The zero-order chi connectivity index (χ0) is 29.6. The molecule has 0 spiro atoms. The SMILES string of the molecule is CNCCCN(C)CCN1CCN(c2cccc3c(C(=O)C(=O)N4CCN(C(=O)c5ccccc5)CC4)c[nH]c23)C1=O. The first-order valence-corrected chi connectivity index (χ1v) is 14.6. The summed E-state index contributed by atoms with van der Waals surface area (Å²) in [5.74, 6) is -1.27. The Morgan fingerprint density at radius 3 is 2.38 bits per heavy atom. The number of amides is 4. The molecule has 0 saturated carbocycles. The first-order chi connectivity index (χ1) is 20.4. The number of likely N-dealkylation sites (N-methyl/N-ethyl adjacent to an activating group) is 1. The molecule has 4 amide bonds. The third kappa shape index (κ3) is 6.17. The Kier molecular flexibility index (Phi) is 9.19. The fraction of sp³-hybridized carbons (Fsp3) is 0.419. The van der Waals surface area contributed by atoms with E-state index < -0.39 is 11.7 Å². The summed E-state index contributed by atoms with van der Waals surface area (Å²) in [5, 5.41) is 3.76. The molecule has 2 N–H and O–H groups in total. The van der Waals surface area contributed by atoms with Crippen molar-refractivity contribution in [3.8, 4) is 0 Å². The van der Waals surface area contributed by atoms with Gasteiger partial charge in [-0.25, -0.2) is 4.79 Å². The number of rotatable bonds is 11. The summed E-state index contributed by atoms with van der Waals surface area (Å²) < 4.78 is 0. The number of hydrogen-bond acceptors (Lipinski definition) is 6. The Balaban J connectivity index is 1.21. The highest BCUT2D eigenvalue weighted by atomic mass is 16.2. The number of aromatic amines is 1. The maximum Gasteiger partial charge on any atom is 0.324 e. The molecule has 2 aliphatic heterocycles. The average Bonchev–Trinajstić information content (AvgIpc) is 3.63. The minimum Gasteiger partial charge on any atom is -0.359 e. The highest BCUT2D eigenvalue weighted by Gasteiger charge is 2.33. The molecule has 2 aromatic carbocycles. The number of piperazine rings is 1. The van der Waals surface area contributed by atoms with Crippen LogP contribution in [0.1, 0.15) is 27.1 Å².